The van der Waals surface area contributed by atoms with Gasteiger partial charge in [0.05, 0.1) is 15.6 Å². The summed E-state index contributed by atoms with van der Waals surface area (Å²) in [7, 11) is 0. The fraction of sp³-hybridized carbons (Fsp3) is 0.176. The zero-order valence-corrected chi connectivity index (χ0v) is 14.2. The molecule has 0 aliphatic carbocycles. The first kappa shape index (κ1) is 17.3. The minimum atomic E-state index is -0.739. The van der Waals surface area contributed by atoms with Gasteiger partial charge in [-0.05, 0) is 37.6 Å². The standard InChI is InChI=1S/C17H15Cl2NO3/c1-10-6-7-14(11(2)8-10)20-15(21)9-23-17(22)16-12(18)4-3-5-13(16)19/h3-8H,9H2,1-2H3,(H,20,21). The Morgan fingerprint density at radius 3 is 2.35 bits per heavy atom. The van der Waals surface area contributed by atoms with Crippen molar-refractivity contribution < 1.29 is 14.3 Å². The number of aryl methyl sites for hydroxylation is 2. The van der Waals surface area contributed by atoms with Gasteiger partial charge in [-0.1, -0.05) is 47.0 Å². The maximum absolute atomic E-state index is 12.0. The Morgan fingerprint density at radius 1 is 1.09 bits per heavy atom. The molecule has 2 aromatic rings. The topological polar surface area (TPSA) is 55.4 Å². The highest BCUT2D eigenvalue weighted by Crippen LogP contribution is 2.25. The van der Waals surface area contributed by atoms with Gasteiger partial charge < -0.3 is 10.1 Å². The second kappa shape index (κ2) is 7.49. The molecule has 120 valence electrons. The van der Waals surface area contributed by atoms with Crippen molar-refractivity contribution in [2.24, 2.45) is 0 Å². The Bertz CT molecular complexity index is 739. The van der Waals surface area contributed by atoms with Crippen LogP contribution in [0.3, 0.4) is 0 Å². The number of carbonyl (C=O) groups excluding carboxylic acids is 2. The van der Waals surface area contributed by atoms with Crippen LogP contribution in [0.4, 0.5) is 5.69 Å². The number of ether oxygens (including phenoxy) is 1. The third-order valence-electron chi connectivity index (χ3n) is 3.16. The number of halogens is 2. The first-order valence-corrected chi connectivity index (χ1v) is 7.62. The van der Waals surface area contributed by atoms with Gasteiger partial charge in [0, 0.05) is 5.69 Å². The molecule has 0 aromatic heterocycles. The third kappa shape index (κ3) is 4.47. The van der Waals surface area contributed by atoms with Crippen LogP contribution in [-0.4, -0.2) is 18.5 Å². The maximum atomic E-state index is 12.0. The Labute approximate surface area is 144 Å². The summed E-state index contributed by atoms with van der Waals surface area (Å²) in [6.07, 6.45) is 0. The number of amides is 1. The Hall–Kier alpha value is -2.04. The lowest BCUT2D eigenvalue weighted by molar-refractivity contribution is -0.119. The fourth-order valence-electron chi connectivity index (χ4n) is 2.04. The molecule has 4 nitrogen and oxygen atoms in total. The van der Waals surface area contributed by atoms with E-state index in [1.165, 1.54) is 12.1 Å². The van der Waals surface area contributed by atoms with Crippen molar-refractivity contribution in [3.63, 3.8) is 0 Å². The largest absolute Gasteiger partial charge is 0.452 e. The number of anilines is 1. The van der Waals surface area contributed by atoms with Gasteiger partial charge in [-0.3, -0.25) is 4.79 Å². The van der Waals surface area contributed by atoms with E-state index < -0.39 is 18.5 Å². The molecule has 0 fully saturated rings. The molecule has 0 saturated carbocycles. The number of carbonyl (C=O) groups is 2. The van der Waals surface area contributed by atoms with E-state index in [0.29, 0.717) is 5.69 Å². The smallest absolute Gasteiger partial charge is 0.341 e. The predicted octanol–water partition coefficient (Wildman–Crippen LogP) is 4.41. The molecule has 0 heterocycles. The lowest BCUT2D eigenvalue weighted by Crippen LogP contribution is -2.21. The highest BCUT2D eigenvalue weighted by Gasteiger charge is 2.17. The van der Waals surface area contributed by atoms with Crippen molar-refractivity contribution in [2.45, 2.75) is 13.8 Å². The fourth-order valence-corrected chi connectivity index (χ4v) is 2.59. The molecule has 1 N–H and O–H groups in total. The maximum Gasteiger partial charge on any atom is 0.341 e. The number of benzene rings is 2. The van der Waals surface area contributed by atoms with Crippen molar-refractivity contribution in [1.29, 1.82) is 0 Å². The van der Waals surface area contributed by atoms with E-state index in [2.05, 4.69) is 5.32 Å². The molecule has 0 radical (unpaired) electrons. The van der Waals surface area contributed by atoms with Gasteiger partial charge in [0.2, 0.25) is 0 Å². The third-order valence-corrected chi connectivity index (χ3v) is 3.79. The Kier molecular flexibility index (Phi) is 5.64. The molecule has 0 aliphatic rings. The second-order valence-corrected chi connectivity index (χ2v) is 5.85. The van der Waals surface area contributed by atoms with Crippen LogP contribution >= 0.6 is 23.2 Å². The van der Waals surface area contributed by atoms with Crippen LogP contribution in [0.2, 0.25) is 10.0 Å². The molecule has 0 unspecified atom stereocenters. The van der Waals surface area contributed by atoms with Gasteiger partial charge in [-0.2, -0.15) is 0 Å². The minimum Gasteiger partial charge on any atom is -0.452 e. The Morgan fingerprint density at radius 2 is 1.74 bits per heavy atom. The van der Waals surface area contributed by atoms with Crippen LogP contribution in [0.15, 0.2) is 36.4 Å². The van der Waals surface area contributed by atoms with Crippen LogP contribution in [-0.2, 0) is 9.53 Å². The minimum absolute atomic E-state index is 0.0511. The van der Waals surface area contributed by atoms with Crippen LogP contribution in [0.5, 0.6) is 0 Å². The van der Waals surface area contributed by atoms with E-state index in [-0.39, 0.29) is 15.6 Å². The molecule has 2 aromatic carbocycles. The summed E-state index contributed by atoms with van der Waals surface area (Å²) in [4.78, 5) is 23.9. The van der Waals surface area contributed by atoms with Gasteiger partial charge >= 0.3 is 5.97 Å². The van der Waals surface area contributed by atoms with Gasteiger partial charge in [0.1, 0.15) is 0 Å². The molecular formula is C17H15Cl2NO3. The van der Waals surface area contributed by atoms with E-state index in [0.717, 1.165) is 11.1 Å². The van der Waals surface area contributed by atoms with Gasteiger partial charge in [0.25, 0.3) is 5.91 Å². The average Bonchev–Trinajstić information content (AvgIpc) is 2.48. The molecule has 1 amide bonds. The lowest BCUT2D eigenvalue weighted by atomic mass is 10.1. The molecule has 0 bridgehead atoms. The van der Waals surface area contributed by atoms with Crippen molar-refractivity contribution in [1.82, 2.24) is 0 Å². The summed E-state index contributed by atoms with van der Waals surface area (Å²) < 4.78 is 4.97. The van der Waals surface area contributed by atoms with Crippen LogP contribution in [0.1, 0.15) is 21.5 Å². The summed E-state index contributed by atoms with van der Waals surface area (Å²) in [5, 5.41) is 3.05. The van der Waals surface area contributed by atoms with E-state index >= 15 is 0 Å². The second-order valence-electron chi connectivity index (χ2n) is 5.04. The lowest BCUT2D eigenvalue weighted by Gasteiger charge is -2.10. The molecule has 0 saturated heterocycles. The van der Waals surface area contributed by atoms with Crippen LogP contribution in [0, 0.1) is 13.8 Å². The van der Waals surface area contributed by atoms with Gasteiger partial charge in [0.15, 0.2) is 6.61 Å². The van der Waals surface area contributed by atoms with E-state index in [4.69, 9.17) is 27.9 Å². The van der Waals surface area contributed by atoms with Crippen LogP contribution in [0.25, 0.3) is 0 Å². The summed E-state index contributed by atoms with van der Waals surface area (Å²) in [6.45, 7) is 3.43. The van der Waals surface area contributed by atoms with Crippen molar-refractivity contribution in [3.8, 4) is 0 Å². The highest BCUT2D eigenvalue weighted by molar-refractivity contribution is 6.39. The number of hydrogen-bond donors (Lipinski definition) is 1. The van der Waals surface area contributed by atoms with Gasteiger partial charge in [-0.25, -0.2) is 4.79 Å². The number of rotatable bonds is 4. The van der Waals surface area contributed by atoms with E-state index in [9.17, 15) is 9.59 Å². The highest BCUT2D eigenvalue weighted by atomic mass is 35.5. The molecule has 0 atom stereocenters. The van der Waals surface area contributed by atoms with Crippen molar-refractivity contribution in [3.05, 3.63) is 63.1 Å². The Balaban J connectivity index is 1.98. The van der Waals surface area contributed by atoms with E-state index in [1.807, 2.05) is 26.0 Å². The summed E-state index contributed by atoms with van der Waals surface area (Å²) in [5.74, 6) is -1.18. The monoisotopic (exact) mass is 351 g/mol. The number of hydrogen-bond acceptors (Lipinski definition) is 3. The molecule has 0 aliphatic heterocycles. The first-order chi connectivity index (χ1) is 10.9. The molecule has 23 heavy (non-hydrogen) atoms. The summed E-state index contributed by atoms with van der Waals surface area (Å²) in [6, 6.07) is 10.3. The van der Waals surface area contributed by atoms with Crippen molar-refractivity contribution in [2.75, 3.05) is 11.9 Å². The van der Waals surface area contributed by atoms with Crippen molar-refractivity contribution >= 4 is 40.8 Å². The normalized spacial score (nSPS) is 10.3. The zero-order chi connectivity index (χ0) is 17.0. The zero-order valence-electron chi connectivity index (χ0n) is 12.7. The van der Waals surface area contributed by atoms with Crippen LogP contribution < -0.4 is 5.32 Å². The number of nitrogens with one attached hydrogen (secondary N) is 1. The SMILES string of the molecule is Cc1ccc(NC(=O)COC(=O)c2c(Cl)cccc2Cl)c(C)c1. The molecule has 0 spiro atoms. The van der Waals surface area contributed by atoms with E-state index in [1.54, 1.807) is 12.1 Å². The summed E-state index contributed by atoms with van der Waals surface area (Å²) >= 11 is 11.8. The first-order valence-electron chi connectivity index (χ1n) is 6.86. The molecule has 6 heteroatoms. The average molecular weight is 352 g/mol. The number of esters is 1. The molecular weight excluding hydrogens is 337 g/mol. The molecule has 2 rings (SSSR count). The summed E-state index contributed by atoms with van der Waals surface area (Å²) in [5.41, 5.74) is 2.75. The predicted molar refractivity (Wildman–Crippen MR) is 91.3 cm³/mol. The van der Waals surface area contributed by atoms with Gasteiger partial charge in [-0.15, -0.1) is 0 Å². The quantitative estimate of drug-likeness (QED) is 0.830.